The lowest BCUT2D eigenvalue weighted by Gasteiger charge is -2.47. The minimum absolute atomic E-state index is 0.0957. The van der Waals surface area contributed by atoms with Crippen molar-refractivity contribution in [2.45, 2.75) is 30.3 Å². The molecule has 0 heterocycles. The molecule has 4 aromatic rings. The highest BCUT2D eigenvalue weighted by Gasteiger charge is 2.55. The zero-order chi connectivity index (χ0) is 28.8. The maximum Gasteiger partial charge on any atom is 0.338 e. The summed E-state index contributed by atoms with van der Waals surface area (Å²) in [6.45, 7) is 4.16. The van der Waals surface area contributed by atoms with E-state index in [1.54, 1.807) is 43.5 Å². The average Bonchev–Trinajstić information content (AvgIpc) is 2.99. The Kier molecular flexibility index (Phi) is 8.92. The van der Waals surface area contributed by atoms with Crippen LogP contribution in [0.3, 0.4) is 0 Å². The summed E-state index contributed by atoms with van der Waals surface area (Å²) >= 11 is 0. The van der Waals surface area contributed by atoms with Crippen molar-refractivity contribution in [3.8, 4) is 5.75 Å². The number of nitrogens with zero attached hydrogens (tertiary/aromatic N) is 1. The normalized spacial score (nSPS) is 13.6. The number of ether oxygens (including phenoxy) is 2. The largest absolute Gasteiger partial charge is 0.497 e. The van der Waals surface area contributed by atoms with Gasteiger partial charge in [-0.2, -0.15) is 0 Å². The van der Waals surface area contributed by atoms with Crippen LogP contribution < -0.4 is 14.4 Å². The van der Waals surface area contributed by atoms with Gasteiger partial charge in [0.15, 0.2) is 5.54 Å². The lowest BCUT2D eigenvalue weighted by atomic mass is 9.77. The Balaban J connectivity index is 2.05. The fourth-order valence-corrected chi connectivity index (χ4v) is 6.30. The SMILES string of the molecule is CCN(c1ccc(OC)cc1)[C@](C(=O)OC)(c1ccccc1)[C@H](NS(=O)(=O)c1ccc(C)cc1)c1ccccc1. The summed E-state index contributed by atoms with van der Waals surface area (Å²) in [6.07, 6.45) is 0. The highest BCUT2D eigenvalue weighted by Crippen LogP contribution is 2.45. The number of carbonyl (C=O) groups excluding carboxylic acids is 1. The van der Waals surface area contributed by atoms with Crippen LogP contribution >= 0.6 is 0 Å². The van der Waals surface area contributed by atoms with Gasteiger partial charge in [-0.1, -0.05) is 78.4 Å². The molecule has 208 valence electrons. The molecule has 0 aliphatic rings. The zero-order valence-electron chi connectivity index (χ0n) is 23.1. The predicted molar refractivity (Wildman–Crippen MR) is 157 cm³/mol. The molecule has 0 fully saturated rings. The smallest absolute Gasteiger partial charge is 0.338 e. The second-order valence-corrected chi connectivity index (χ2v) is 11.1. The fourth-order valence-electron chi connectivity index (χ4n) is 5.05. The Bertz CT molecular complexity index is 1510. The zero-order valence-corrected chi connectivity index (χ0v) is 23.9. The van der Waals surface area contributed by atoms with Gasteiger partial charge in [0, 0.05) is 12.2 Å². The lowest BCUT2D eigenvalue weighted by molar-refractivity contribution is -0.149. The van der Waals surface area contributed by atoms with Crippen LogP contribution in [-0.4, -0.2) is 35.2 Å². The van der Waals surface area contributed by atoms with Crippen LogP contribution in [0.1, 0.15) is 29.7 Å². The number of rotatable bonds is 11. The van der Waals surface area contributed by atoms with Crippen LogP contribution in [0.15, 0.2) is 114 Å². The molecule has 0 saturated carbocycles. The molecular weight excluding hydrogens is 524 g/mol. The summed E-state index contributed by atoms with van der Waals surface area (Å²) in [7, 11) is -1.19. The van der Waals surface area contributed by atoms with Crippen molar-refractivity contribution < 1.29 is 22.7 Å². The fraction of sp³-hybridized carbons (Fsp3) is 0.219. The topological polar surface area (TPSA) is 84.9 Å². The molecule has 0 aromatic heterocycles. The van der Waals surface area contributed by atoms with Gasteiger partial charge in [0.2, 0.25) is 10.0 Å². The molecule has 8 heteroatoms. The molecule has 0 aliphatic carbocycles. The van der Waals surface area contributed by atoms with Crippen molar-refractivity contribution in [2.24, 2.45) is 0 Å². The van der Waals surface area contributed by atoms with Gasteiger partial charge in [-0.05, 0) is 61.4 Å². The number of sulfonamides is 1. The van der Waals surface area contributed by atoms with Gasteiger partial charge in [0.05, 0.1) is 25.2 Å². The van der Waals surface area contributed by atoms with E-state index in [1.165, 1.54) is 7.11 Å². The number of aryl methyl sites for hydroxylation is 1. The first-order chi connectivity index (χ1) is 19.3. The Morgan fingerprint density at radius 2 is 1.43 bits per heavy atom. The third-order valence-corrected chi connectivity index (χ3v) is 8.43. The van der Waals surface area contributed by atoms with Crippen LogP contribution in [0.25, 0.3) is 0 Å². The maximum atomic E-state index is 14.3. The summed E-state index contributed by atoms with van der Waals surface area (Å²) in [4.78, 5) is 16.3. The van der Waals surface area contributed by atoms with Gasteiger partial charge in [-0.25, -0.2) is 17.9 Å². The van der Waals surface area contributed by atoms with Gasteiger partial charge in [-0.3, -0.25) is 0 Å². The van der Waals surface area contributed by atoms with Crippen molar-refractivity contribution in [1.82, 2.24) is 4.72 Å². The summed E-state index contributed by atoms with van der Waals surface area (Å²) in [6, 6.07) is 31.1. The number of benzene rings is 4. The van der Waals surface area contributed by atoms with E-state index < -0.39 is 27.6 Å². The van der Waals surface area contributed by atoms with E-state index in [1.807, 2.05) is 91.5 Å². The van der Waals surface area contributed by atoms with Crippen molar-refractivity contribution in [1.29, 1.82) is 0 Å². The van der Waals surface area contributed by atoms with Crippen molar-refractivity contribution >= 4 is 21.7 Å². The molecule has 7 nitrogen and oxygen atoms in total. The van der Waals surface area contributed by atoms with Crippen molar-refractivity contribution in [3.05, 3.63) is 126 Å². The monoisotopic (exact) mass is 558 g/mol. The van der Waals surface area contributed by atoms with Gasteiger partial charge in [0.1, 0.15) is 5.75 Å². The first kappa shape index (κ1) is 28.9. The quantitative estimate of drug-likeness (QED) is 0.241. The standard InChI is InChI=1S/C32H34N2O5S/c1-5-34(27-18-20-28(38-3)21-19-27)32(31(35)39-4,26-14-10-7-11-15-26)30(25-12-8-6-9-13-25)33-40(36,37)29-22-16-24(2)17-23-29/h6-23,30,33H,5H2,1-4H3/t30-,32-/m1/s1. The van der Waals surface area contributed by atoms with Crippen LogP contribution in [0, 0.1) is 6.92 Å². The van der Waals surface area contributed by atoms with Gasteiger partial charge >= 0.3 is 5.97 Å². The van der Waals surface area contributed by atoms with E-state index in [0.717, 1.165) is 5.56 Å². The van der Waals surface area contributed by atoms with Crippen LogP contribution in [0.5, 0.6) is 5.75 Å². The first-order valence-corrected chi connectivity index (χ1v) is 14.5. The molecule has 1 N–H and O–H groups in total. The summed E-state index contributed by atoms with van der Waals surface area (Å²) in [5.74, 6) is 0.0414. The molecule has 4 aromatic carbocycles. The van der Waals surface area contributed by atoms with E-state index in [9.17, 15) is 13.2 Å². The molecular formula is C32H34N2O5S. The molecule has 0 aliphatic heterocycles. The van der Waals surface area contributed by atoms with E-state index in [4.69, 9.17) is 9.47 Å². The number of hydrogen-bond acceptors (Lipinski definition) is 6. The third kappa shape index (κ3) is 5.59. The van der Waals surface area contributed by atoms with Crippen molar-refractivity contribution in [3.63, 3.8) is 0 Å². The third-order valence-electron chi connectivity index (χ3n) is 6.99. The molecule has 0 radical (unpaired) electrons. The Labute approximate surface area is 236 Å². The molecule has 0 spiro atoms. The molecule has 0 unspecified atom stereocenters. The number of esters is 1. The number of likely N-dealkylation sites (N-methyl/N-ethyl adjacent to an activating group) is 1. The van der Waals surface area contributed by atoms with Gasteiger partial charge in [0.25, 0.3) is 0 Å². The van der Waals surface area contributed by atoms with E-state index in [2.05, 4.69) is 4.72 Å². The maximum absolute atomic E-state index is 14.3. The van der Waals surface area contributed by atoms with E-state index in [0.29, 0.717) is 29.1 Å². The Morgan fingerprint density at radius 1 is 0.850 bits per heavy atom. The summed E-state index contributed by atoms with van der Waals surface area (Å²) in [5.41, 5.74) is 1.15. The number of nitrogens with one attached hydrogen (secondary N) is 1. The van der Waals surface area contributed by atoms with E-state index in [-0.39, 0.29) is 4.90 Å². The number of hydrogen-bond donors (Lipinski definition) is 1. The van der Waals surface area contributed by atoms with Gasteiger partial charge < -0.3 is 14.4 Å². The molecule has 4 rings (SSSR count). The minimum atomic E-state index is -4.10. The number of carbonyl (C=O) groups is 1. The van der Waals surface area contributed by atoms with Gasteiger partial charge in [-0.15, -0.1) is 0 Å². The highest BCUT2D eigenvalue weighted by atomic mass is 32.2. The highest BCUT2D eigenvalue weighted by molar-refractivity contribution is 7.89. The van der Waals surface area contributed by atoms with Crippen molar-refractivity contribution in [2.75, 3.05) is 25.7 Å². The molecule has 40 heavy (non-hydrogen) atoms. The Hall–Kier alpha value is -4.14. The Morgan fingerprint density at radius 3 is 1.95 bits per heavy atom. The second kappa shape index (κ2) is 12.4. The average molecular weight is 559 g/mol. The van der Waals surface area contributed by atoms with Crippen LogP contribution in [0.2, 0.25) is 0 Å². The summed E-state index contributed by atoms with van der Waals surface area (Å²) < 4.78 is 41.7. The van der Waals surface area contributed by atoms with Crippen LogP contribution in [-0.2, 0) is 25.1 Å². The number of methoxy groups -OCH3 is 2. The first-order valence-electron chi connectivity index (χ1n) is 13.0. The number of anilines is 1. The van der Waals surface area contributed by atoms with Crippen LogP contribution in [0.4, 0.5) is 5.69 Å². The lowest BCUT2D eigenvalue weighted by Crippen LogP contribution is -2.60. The molecule has 0 saturated heterocycles. The second-order valence-electron chi connectivity index (χ2n) is 9.34. The molecule has 0 amide bonds. The van der Waals surface area contributed by atoms with E-state index >= 15 is 0 Å². The molecule has 2 atom stereocenters. The molecule has 0 bridgehead atoms. The summed E-state index contributed by atoms with van der Waals surface area (Å²) in [5, 5.41) is 0. The predicted octanol–water partition coefficient (Wildman–Crippen LogP) is 5.62. The minimum Gasteiger partial charge on any atom is -0.497 e.